The van der Waals surface area contributed by atoms with Crippen molar-refractivity contribution in [1.82, 2.24) is 0 Å². The van der Waals surface area contributed by atoms with Crippen LogP contribution < -0.4 is 5.73 Å². The van der Waals surface area contributed by atoms with Gasteiger partial charge in [-0.15, -0.1) is 0 Å². The summed E-state index contributed by atoms with van der Waals surface area (Å²) in [6.07, 6.45) is 0. The number of rotatable bonds is 3. The van der Waals surface area contributed by atoms with Gasteiger partial charge in [0.1, 0.15) is 0 Å². The largest absolute Gasteiger partial charge is 0.462 e. The second-order valence-electron chi connectivity index (χ2n) is 2.77. The fourth-order valence-electron chi connectivity index (χ4n) is 1.11. The van der Waals surface area contributed by atoms with Crippen molar-refractivity contribution < 1.29 is 14.3 Å². The molecule has 0 bridgehead atoms. The molecular weight excluding hydrogens is 262 g/mol. The van der Waals surface area contributed by atoms with Crippen LogP contribution in [-0.2, 0) is 4.74 Å². The van der Waals surface area contributed by atoms with Crippen molar-refractivity contribution >= 4 is 27.8 Å². The molecule has 0 saturated heterocycles. The third kappa shape index (κ3) is 2.79. The summed E-state index contributed by atoms with van der Waals surface area (Å²) in [7, 11) is 0. The molecule has 0 unspecified atom stereocenters. The minimum absolute atomic E-state index is 0.164. The standard InChI is InChI=1S/C10H10BrNO3/c1-2-15-10(14)8-5-6(11)3-4-7(8)9(12)13/h3-5H,2H2,1H3,(H2,12,13). The predicted molar refractivity (Wildman–Crippen MR) is 58.6 cm³/mol. The van der Waals surface area contributed by atoms with Crippen LogP contribution in [0.4, 0.5) is 0 Å². The van der Waals surface area contributed by atoms with Crippen LogP contribution in [-0.4, -0.2) is 18.5 Å². The van der Waals surface area contributed by atoms with Crippen molar-refractivity contribution in [3.05, 3.63) is 33.8 Å². The third-order valence-corrected chi connectivity index (χ3v) is 2.24. The molecule has 1 aromatic carbocycles. The fourth-order valence-corrected chi connectivity index (χ4v) is 1.47. The summed E-state index contributed by atoms with van der Waals surface area (Å²) in [6, 6.07) is 4.64. The summed E-state index contributed by atoms with van der Waals surface area (Å²) in [5, 5.41) is 0. The number of hydrogen-bond donors (Lipinski definition) is 1. The summed E-state index contributed by atoms with van der Waals surface area (Å²) in [6.45, 7) is 1.95. The van der Waals surface area contributed by atoms with Crippen LogP contribution in [0.2, 0.25) is 0 Å². The first-order valence-electron chi connectivity index (χ1n) is 4.32. The highest BCUT2D eigenvalue weighted by atomic mass is 79.9. The normalized spacial score (nSPS) is 9.73. The van der Waals surface area contributed by atoms with Gasteiger partial charge in [0, 0.05) is 4.47 Å². The van der Waals surface area contributed by atoms with E-state index >= 15 is 0 Å². The van der Waals surface area contributed by atoms with Crippen LogP contribution in [0.25, 0.3) is 0 Å². The quantitative estimate of drug-likeness (QED) is 0.852. The minimum atomic E-state index is -0.648. The number of nitrogens with two attached hydrogens (primary N) is 1. The number of primary amides is 1. The van der Waals surface area contributed by atoms with Crippen LogP contribution in [0.3, 0.4) is 0 Å². The number of amides is 1. The number of hydrogen-bond acceptors (Lipinski definition) is 3. The van der Waals surface area contributed by atoms with Crippen molar-refractivity contribution in [1.29, 1.82) is 0 Å². The van der Waals surface area contributed by atoms with Gasteiger partial charge in [0.05, 0.1) is 17.7 Å². The molecule has 0 atom stereocenters. The highest BCUT2D eigenvalue weighted by molar-refractivity contribution is 9.10. The van der Waals surface area contributed by atoms with E-state index in [9.17, 15) is 9.59 Å². The Balaban J connectivity index is 3.18. The molecule has 0 aliphatic heterocycles. The summed E-state index contributed by atoms with van der Waals surface area (Å²) in [5.74, 6) is -1.20. The topological polar surface area (TPSA) is 69.4 Å². The molecule has 1 amide bonds. The van der Waals surface area contributed by atoms with Crippen molar-refractivity contribution in [3.8, 4) is 0 Å². The van der Waals surface area contributed by atoms with E-state index in [-0.39, 0.29) is 17.7 Å². The van der Waals surface area contributed by atoms with Crippen molar-refractivity contribution in [3.63, 3.8) is 0 Å². The molecule has 0 aliphatic rings. The zero-order valence-corrected chi connectivity index (χ0v) is 9.71. The van der Waals surface area contributed by atoms with Gasteiger partial charge in [-0.3, -0.25) is 4.79 Å². The van der Waals surface area contributed by atoms with Crippen molar-refractivity contribution in [2.75, 3.05) is 6.61 Å². The number of carbonyl (C=O) groups excluding carboxylic acids is 2. The van der Waals surface area contributed by atoms with E-state index in [0.29, 0.717) is 4.47 Å². The molecule has 4 nitrogen and oxygen atoms in total. The zero-order chi connectivity index (χ0) is 11.4. The van der Waals surface area contributed by atoms with E-state index < -0.39 is 11.9 Å². The maximum atomic E-state index is 11.5. The molecule has 0 aliphatic carbocycles. The Bertz CT molecular complexity index is 404. The number of ether oxygens (including phenoxy) is 1. The molecule has 0 radical (unpaired) electrons. The lowest BCUT2D eigenvalue weighted by molar-refractivity contribution is 0.0523. The molecule has 80 valence electrons. The van der Waals surface area contributed by atoms with Gasteiger partial charge in [0.2, 0.25) is 5.91 Å². The van der Waals surface area contributed by atoms with E-state index in [4.69, 9.17) is 10.5 Å². The maximum Gasteiger partial charge on any atom is 0.338 e. The molecule has 15 heavy (non-hydrogen) atoms. The van der Waals surface area contributed by atoms with Gasteiger partial charge in [-0.1, -0.05) is 15.9 Å². The Hall–Kier alpha value is -1.36. The molecule has 2 N–H and O–H groups in total. The first-order chi connectivity index (χ1) is 7.06. The first-order valence-corrected chi connectivity index (χ1v) is 5.12. The molecule has 0 spiro atoms. The molecule has 5 heteroatoms. The Labute approximate surface area is 95.5 Å². The van der Waals surface area contributed by atoms with Crippen LogP contribution in [0.1, 0.15) is 27.6 Å². The molecular formula is C10H10BrNO3. The Morgan fingerprint density at radius 2 is 2.07 bits per heavy atom. The van der Waals surface area contributed by atoms with Crippen molar-refractivity contribution in [2.45, 2.75) is 6.92 Å². The van der Waals surface area contributed by atoms with Crippen LogP contribution in [0.5, 0.6) is 0 Å². The van der Waals surface area contributed by atoms with Gasteiger partial charge in [0.25, 0.3) is 0 Å². The number of esters is 1. The second-order valence-corrected chi connectivity index (χ2v) is 3.69. The van der Waals surface area contributed by atoms with E-state index in [1.165, 1.54) is 12.1 Å². The fraction of sp³-hybridized carbons (Fsp3) is 0.200. The van der Waals surface area contributed by atoms with E-state index in [1.807, 2.05) is 0 Å². The average molecular weight is 272 g/mol. The van der Waals surface area contributed by atoms with E-state index in [0.717, 1.165) is 0 Å². The molecule has 0 saturated carbocycles. The van der Waals surface area contributed by atoms with Crippen LogP contribution in [0.15, 0.2) is 22.7 Å². The minimum Gasteiger partial charge on any atom is -0.462 e. The molecule has 0 aromatic heterocycles. The molecule has 0 heterocycles. The number of halogens is 1. The molecule has 1 rings (SSSR count). The number of carbonyl (C=O) groups is 2. The monoisotopic (exact) mass is 271 g/mol. The SMILES string of the molecule is CCOC(=O)c1cc(Br)ccc1C(N)=O. The zero-order valence-electron chi connectivity index (χ0n) is 8.12. The smallest absolute Gasteiger partial charge is 0.338 e. The highest BCUT2D eigenvalue weighted by Crippen LogP contribution is 2.17. The van der Waals surface area contributed by atoms with Gasteiger partial charge < -0.3 is 10.5 Å². The van der Waals surface area contributed by atoms with Gasteiger partial charge in [-0.25, -0.2) is 4.79 Å². The van der Waals surface area contributed by atoms with Crippen LogP contribution >= 0.6 is 15.9 Å². The Morgan fingerprint density at radius 3 is 2.60 bits per heavy atom. The van der Waals surface area contributed by atoms with Gasteiger partial charge >= 0.3 is 5.97 Å². The molecule has 0 fully saturated rings. The Kier molecular flexibility index (Phi) is 3.85. The first kappa shape index (κ1) is 11.7. The van der Waals surface area contributed by atoms with Gasteiger partial charge in [0.15, 0.2) is 0 Å². The summed E-state index contributed by atoms with van der Waals surface area (Å²) in [5.41, 5.74) is 5.48. The summed E-state index contributed by atoms with van der Waals surface area (Å²) < 4.78 is 5.50. The van der Waals surface area contributed by atoms with E-state index in [2.05, 4.69) is 15.9 Å². The maximum absolute atomic E-state index is 11.5. The molecule has 1 aromatic rings. The third-order valence-electron chi connectivity index (χ3n) is 1.74. The van der Waals surface area contributed by atoms with Gasteiger partial charge in [-0.2, -0.15) is 0 Å². The summed E-state index contributed by atoms with van der Waals surface area (Å²) in [4.78, 5) is 22.5. The average Bonchev–Trinajstić information content (AvgIpc) is 2.17. The highest BCUT2D eigenvalue weighted by Gasteiger charge is 2.16. The van der Waals surface area contributed by atoms with Crippen LogP contribution in [0, 0.1) is 0 Å². The number of benzene rings is 1. The lowest BCUT2D eigenvalue weighted by Gasteiger charge is -2.06. The second kappa shape index (κ2) is 4.93. The summed E-state index contributed by atoms with van der Waals surface area (Å²) >= 11 is 3.20. The predicted octanol–water partition coefficient (Wildman–Crippen LogP) is 1.72. The van der Waals surface area contributed by atoms with Gasteiger partial charge in [-0.05, 0) is 25.1 Å². The van der Waals surface area contributed by atoms with E-state index in [1.54, 1.807) is 13.0 Å². The lowest BCUT2D eigenvalue weighted by atomic mass is 10.1. The lowest BCUT2D eigenvalue weighted by Crippen LogP contribution is -2.17. The van der Waals surface area contributed by atoms with Crippen molar-refractivity contribution in [2.24, 2.45) is 5.73 Å². The Morgan fingerprint density at radius 1 is 1.40 bits per heavy atom.